The van der Waals surface area contributed by atoms with Gasteiger partial charge in [0.15, 0.2) is 0 Å². The number of benzene rings is 1. The van der Waals surface area contributed by atoms with Gasteiger partial charge < -0.3 is 5.73 Å². The van der Waals surface area contributed by atoms with E-state index in [1.165, 1.54) is 12.8 Å². The maximum atomic E-state index is 14.1. The summed E-state index contributed by atoms with van der Waals surface area (Å²) < 4.78 is 14.1. The number of nitrogens with two attached hydrogens (primary N) is 1. The Hall–Kier alpha value is -1.42. The maximum absolute atomic E-state index is 14.1. The number of amidine groups is 1. The second-order valence-electron chi connectivity index (χ2n) is 4.96. The van der Waals surface area contributed by atoms with Crippen LogP contribution in [0.1, 0.15) is 30.9 Å². The summed E-state index contributed by atoms with van der Waals surface area (Å²) in [4.78, 5) is 2.25. The normalized spacial score (nSPS) is 15.1. The Balaban J connectivity index is 2.11. The molecule has 0 atom stereocenters. The quantitative estimate of drug-likeness (QED) is 0.600. The molecule has 4 heteroatoms. The Bertz CT molecular complexity index is 441. The predicted octanol–water partition coefficient (Wildman–Crippen LogP) is 2.34. The molecule has 1 aromatic carbocycles. The van der Waals surface area contributed by atoms with Gasteiger partial charge in [-0.25, -0.2) is 4.39 Å². The maximum Gasteiger partial charge on any atom is 0.138 e. The van der Waals surface area contributed by atoms with Crippen LogP contribution in [0.25, 0.3) is 0 Å². The molecule has 0 bridgehead atoms. The van der Waals surface area contributed by atoms with Crippen molar-refractivity contribution < 1.29 is 4.39 Å². The van der Waals surface area contributed by atoms with Crippen LogP contribution in [0.15, 0.2) is 18.2 Å². The molecule has 0 spiro atoms. The van der Waals surface area contributed by atoms with Gasteiger partial charge in [-0.05, 0) is 31.4 Å². The standard InChI is InChI=1S/C14H20FN3/c1-2-18(8-10-6-7-10)9-11-4-3-5-12(13(11)15)14(16)17/h3-5,10H,2,6-9H2,1H3,(H3,16,17). The van der Waals surface area contributed by atoms with Crippen LogP contribution in [0.5, 0.6) is 0 Å². The second-order valence-corrected chi connectivity index (χ2v) is 4.96. The smallest absolute Gasteiger partial charge is 0.138 e. The molecule has 0 heterocycles. The van der Waals surface area contributed by atoms with Gasteiger partial charge in [0, 0.05) is 18.7 Å². The van der Waals surface area contributed by atoms with Gasteiger partial charge in [0.2, 0.25) is 0 Å². The average molecular weight is 249 g/mol. The number of nitrogens with one attached hydrogen (secondary N) is 1. The van der Waals surface area contributed by atoms with E-state index in [0.717, 1.165) is 19.0 Å². The number of hydrogen-bond donors (Lipinski definition) is 2. The molecule has 1 aliphatic carbocycles. The monoisotopic (exact) mass is 249 g/mol. The summed E-state index contributed by atoms with van der Waals surface area (Å²) in [5, 5.41) is 7.35. The predicted molar refractivity (Wildman–Crippen MR) is 71.1 cm³/mol. The first-order valence-corrected chi connectivity index (χ1v) is 6.46. The fourth-order valence-corrected chi connectivity index (χ4v) is 2.12. The fourth-order valence-electron chi connectivity index (χ4n) is 2.12. The van der Waals surface area contributed by atoms with E-state index >= 15 is 0 Å². The number of rotatable bonds is 6. The number of hydrogen-bond acceptors (Lipinski definition) is 2. The zero-order chi connectivity index (χ0) is 13.1. The van der Waals surface area contributed by atoms with Gasteiger partial charge in [-0.15, -0.1) is 0 Å². The van der Waals surface area contributed by atoms with Gasteiger partial charge in [0.25, 0.3) is 0 Å². The highest BCUT2D eigenvalue weighted by molar-refractivity contribution is 5.95. The molecule has 1 aliphatic rings. The average Bonchev–Trinajstić information content (AvgIpc) is 3.14. The molecule has 18 heavy (non-hydrogen) atoms. The Morgan fingerprint density at radius 2 is 2.22 bits per heavy atom. The van der Waals surface area contributed by atoms with Crippen LogP contribution in [0.3, 0.4) is 0 Å². The van der Waals surface area contributed by atoms with Crippen LogP contribution < -0.4 is 5.73 Å². The van der Waals surface area contributed by atoms with Gasteiger partial charge in [0.1, 0.15) is 11.7 Å². The summed E-state index contributed by atoms with van der Waals surface area (Å²) in [7, 11) is 0. The molecule has 1 fully saturated rings. The summed E-state index contributed by atoms with van der Waals surface area (Å²) in [6, 6.07) is 5.09. The topological polar surface area (TPSA) is 53.1 Å². The summed E-state index contributed by atoms with van der Waals surface area (Å²) >= 11 is 0. The van der Waals surface area contributed by atoms with Crippen LogP contribution in [-0.2, 0) is 6.54 Å². The summed E-state index contributed by atoms with van der Waals surface area (Å²) in [6.07, 6.45) is 2.60. The third kappa shape index (κ3) is 3.07. The van der Waals surface area contributed by atoms with Crippen molar-refractivity contribution in [1.82, 2.24) is 4.90 Å². The minimum atomic E-state index is -0.348. The van der Waals surface area contributed by atoms with Crippen LogP contribution in [0.4, 0.5) is 4.39 Å². The third-order valence-corrected chi connectivity index (χ3v) is 3.42. The zero-order valence-corrected chi connectivity index (χ0v) is 10.7. The first kappa shape index (κ1) is 13.0. The van der Waals surface area contributed by atoms with E-state index in [1.54, 1.807) is 18.2 Å². The molecule has 3 nitrogen and oxygen atoms in total. The molecule has 1 aromatic rings. The molecule has 0 saturated heterocycles. The highest BCUT2D eigenvalue weighted by Gasteiger charge is 2.24. The SMILES string of the molecule is CCN(Cc1cccc(C(=N)N)c1F)CC1CC1. The van der Waals surface area contributed by atoms with Crippen molar-refractivity contribution in [1.29, 1.82) is 5.41 Å². The molecule has 2 rings (SSSR count). The molecule has 0 amide bonds. The summed E-state index contributed by atoms with van der Waals surface area (Å²) in [5.74, 6) is 0.239. The lowest BCUT2D eigenvalue weighted by Gasteiger charge is -2.21. The van der Waals surface area contributed by atoms with Gasteiger partial charge in [-0.3, -0.25) is 10.3 Å². The Morgan fingerprint density at radius 3 is 2.78 bits per heavy atom. The van der Waals surface area contributed by atoms with Gasteiger partial charge in [0.05, 0.1) is 5.56 Å². The van der Waals surface area contributed by atoms with Crippen molar-refractivity contribution in [2.75, 3.05) is 13.1 Å². The van der Waals surface area contributed by atoms with E-state index in [-0.39, 0.29) is 17.2 Å². The lowest BCUT2D eigenvalue weighted by atomic mass is 10.1. The Kier molecular flexibility index (Phi) is 3.97. The first-order chi connectivity index (χ1) is 8.61. The lowest BCUT2D eigenvalue weighted by Crippen LogP contribution is -2.26. The lowest BCUT2D eigenvalue weighted by molar-refractivity contribution is 0.264. The van der Waals surface area contributed by atoms with Crippen LogP contribution >= 0.6 is 0 Å². The molecular weight excluding hydrogens is 229 g/mol. The number of halogens is 1. The summed E-state index contributed by atoms with van der Waals surface area (Å²) in [6.45, 7) is 4.65. The largest absolute Gasteiger partial charge is 0.384 e. The summed E-state index contributed by atoms with van der Waals surface area (Å²) in [5.41, 5.74) is 6.20. The third-order valence-electron chi connectivity index (χ3n) is 3.42. The van der Waals surface area contributed by atoms with Crippen molar-refractivity contribution in [3.05, 3.63) is 35.1 Å². The highest BCUT2D eigenvalue weighted by Crippen LogP contribution is 2.30. The minimum absolute atomic E-state index is 0.204. The molecule has 0 radical (unpaired) electrons. The van der Waals surface area contributed by atoms with Crippen LogP contribution in [0, 0.1) is 17.1 Å². The molecule has 98 valence electrons. The molecule has 0 aromatic heterocycles. The zero-order valence-electron chi connectivity index (χ0n) is 10.7. The van der Waals surface area contributed by atoms with E-state index in [4.69, 9.17) is 11.1 Å². The molecule has 1 saturated carbocycles. The van der Waals surface area contributed by atoms with E-state index in [0.29, 0.717) is 12.1 Å². The van der Waals surface area contributed by atoms with E-state index in [9.17, 15) is 4.39 Å². The molecule has 0 unspecified atom stereocenters. The van der Waals surface area contributed by atoms with E-state index < -0.39 is 0 Å². The van der Waals surface area contributed by atoms with Crippen molar-refractivity contribution in [2.24, 2.45) is 11.7 Å². The second kappa shape index (κ2) is 5.48. The van der Waals surface area contributed by atoms with Gasteiger partial charge in [-0.1, -0.05) is 19.1 Å². The highest BCUT2D eigenvalue weighted by atomic mass is 19.1. The van der Waals surface area contributed by atoms with E-state index in [2.05, 4.69) is 11.8 Å². The number of nitrogens with zero attached hydrogens (tertiary/aromatic N) is 1. The molecule has 0 aliphatic heterocycles. The van der Waals surface area contributed by atoms with Crippen molar-refractivity contribution in [2.45, 2.75) is 26.3 Å². The van der Waals surface area contributed by atoms with Gasteiger partial charge >= 0.3 is 0 Å². The van der Waals surface area contributed by atoms with Crippen LogP contribution in [0.2, 0.25) is 0 Å². The van der Waals surface area contributed by atoms with Crippen molar-refractivity contribution in [3.63, 3.8) is 0 Å². The van der Waals surface area contributed by atoms with Crippen LogP contribution in [-0.4, -0.2) is 23.8 Å². The van der Waals surface area contributed by atoms with Crippen molar-refractivity contribution in [3.8, 4) is 0 Å². The van der Waals surface area contributed by atoms with Gasteiger partial charge in [-0.2, -0.15) is 0 Å². The Morgan fingerprint density at radius 1 is 1.50 bits per heavy atom. The number of nitrogen functional groups attached to an aromatic ring is 1. The fraction of sp³-hybridized carbons (Fsp3) is 0.500. The molecular formula is C14H20FN3. The van der Waals surface area contributed by atoms with Crippen molar-refractivity contribution >= 4 is 5.84 Å². The Labute approximate surface area is 107 Å². The molecule has 3 N–H and O–H groups in total. The first-order valence-electron chi connectivity index (χ1n) is 6.46. The van der Waals surface area contributed by atoms with E-state index in [1.807, 2.05) is 0 Å². The minimum Gasteiger partial charge on any atom is -0.384 e.